The lowest BCUT2D eigenvalue weighted by Crippen LogP contribution is -2.48. The molecule has 156 valence electrons. The first-order valence-corrected chi connectivity index (χ1v) is 11.2. The van der Waals surface area contributed by atoms with Crippen LogP contribution in [0.5, 0.6) is 0 Å². The summed E-state index contributed by atoms with van der Waals surface area (Å²) in [6.07, 6.45) is -0.340. The number of morpholine rings is 1. The van der Waals surface area contributed by atoms with E-state index in [-0.39, 0.29) is 29.1 Å². The minimum absolute atomic E-state index is 0.130. The lowest BCUT2D eigenvalue weighted by molar-refractivity contribution is -0.0440. The highest BCUT2D eigenvalue weighted by molar-refractivity contribution is 7.89. The van der Waals surface area contributed by atoms with Crippen molar-refractivity contribution in [3.63, 3.8) is 0 Å². The zero-order chi connectivity index (χ0) is 21.2. The van der Waals surface area contributed by atoms with Crippen LogP contribution >= 0.6 is 0 Å². The van der Waals surface area contributed by atoms with Gasteiger partial charge in [-0.05, 0) is 44.5 Å². The Morgan fingerprint density at radius 3 is 2.31 bits per heavy atom. The SMILES string of the molecule is CC1CN(S(=O)(=O)c2cccc(C(=O)N(C)C(C)c3ccccc3)c2)CC(C)O1. The molecule has 2 aromatic rings. The Balaban J connectivity index is 1.84. The van der Waals surface area contributed by atoms with E-state index in [1.165, 1.54) is 16.4 Å². The molecule has 1 fully saturated rings. The molecule has 3 rings (SSSR count). The van der Waals surface area contributed by atoms with Crippen LogP contribution in [-0.4, -0.2) is 55.9 Å². The second-order valence-electron chi connectivity index (χ2n) is 7.61. The number of hydrogen-bond acceptors (Lipinski definition) is 4. The summed E-state index contributed by atoms with van der Waals surface area (Å²) in [4.78, 5) is 14.8. The van der Waals surface area contributed by atoms with Crippen molar-refractivity contribution in [2.45, 2.75) is 43.9 Å². The summed E-state index contributed by atoms with van der Waals surface area (Å²) in [5.74, 6) is -0.220. The Hall–Kier alpha value is -2.22. The Labute approximate surface area is 173 Å². The number of sulfonamides is 1. The van der Waals surface area contributed by atoms with Crippen LogP contribution in [0.15, 0.2) is 59.5 Å². The van der Waals surface area contributed by atoms with Crippen molar-refractivity contribution in [1.82, 2.24) is 9.21 Å². The highest BCUT2D eigenvalue weighted by Crippen LogP contribution is 2.24. The van der Waals surface area contributed by atoms with Crippen LogP contribution in [0.3, 0.4) is 0 Å². The number of benzene rings is 2. The molecule has 1 aliphatic rings. The van der Waals surface area contributed by atoms with Gasteiger partial charge in [0.1, 0.15) is 0 Å². The van der Waals surface area contributed by atoms with Gasteiger partial charge in [0.05, 0.1) is 23.1 Å². The van der Waals surface area contributed by atoms with E-state index < -0.39 is 10.0 Å². The number of nitrogens with zero attached hydrogens (tertiary/aromatic N) is 2. The molecular formula is C22H28N2O4S. The van der Waals surface area contributed by atoms with Gasteiger partial charge in [-0.3, -0.25) is 4.79 Å². The lowest BCUT2D eigenvalue weighted by atomic mass is 10.1. The van der Waals surface area contributed by atoms with Gasteiger partial charge in [-0.2, -0.15) is 4.31 Å². The van der Waals surface area contributed by atoms with Gasteiger partial charge >= 0.3 is 0 Å². The largest absolute Gasteiger partial charge is 0.373 e. The van der Waals surface area contributed by atoms with Crippen LogP contribution < -0.4 is 0 Å². The molecule has 1 aliphatic heterocycles. The molecule has 29 heavy (non-hydrogen) atoms. The highest BCUT2D eigenvalue weighted by Gasteiger charge is 2.32. The molecular weight excluding hydrogens is 388 g/mol. The Morgan fingerprint density at radius 1 is 1.07 bits per heavy atom. The quantitative estimate of drug-likeness (QED) is 0.750. The van der Waals surface area contributed by atoms with E-state index in [0.29, 0.717) is 18.7 Å². The summed E-state index contributed by atoms with van der Waals surface area (Å²) in [6.45, 7) is 6.27. The predicted octanol–water partition coefficient (Wildman–Crippen LogP) is 3.32. The molecule has 0 spiro atoms. The van der Waals surface area contributed by atoms with Gasteiger partial charge in [0.25, 0.3) is 5.91 Å². The van der Waals surface area contributed by atoms with Crippen LogP contribution in [-0.2, 0) is 14.8 Å². The van der Waals surface area contributed by atoms with Crippen molar-refractivity contribution in [3.05, 3.63) is 65.7 Å². The van der Waals surface area contributed by atoms with Crippen LogP contribution in [0.2, 0.25) is 0 Å². The van der Waals surface area contributed by atoms with E-state index in [1.807, 2.05) is 51.1 Å². The third-order valence-electron chi connectivity index (χ3n) is 5.29. The number of carbonyl (C=O) groups is 1. The van der Waals surface area contributed by atoms with E-state index in [4.69, 9.17) is 4.74 Å². The van der Waals surface area contributed by atoms with Crippen molar-refractivity contribution in [1.29, 1.82) is 0 Å². The van der Waals surface area contributed by atoms with E-state index in [0.717, 1.165) is 5.56 Å². The molecule has 7 heteroatoms. The van der Waals surface area contributed by atoms with Gasteiger partial charge in [0.15, 0.2) is 0 Å². The van der Waals surface area contributed by atoms with Gasteiger partial charge < -0.3 is 9.64 Å². The Morgan fingerprint density at radius 2 is 1.69 bits per heavy atom. The molecule has 3 unspecified atom stereocenters. The van der Waals surface area contributed by atoms with Crippen molar-refractivity contribution in [2.75, 3.05) is 20.1 Å². The van der Waals surface area contributed by atoms with E-state index in [1.54, 1.807) is 24.1 Å². The topological polar surface area (TPSA) is 66.9 Å². The predicted molar refractivity (Wildman–Crippen MR) is 112 cm³/mol. The standard InChI is InChI=1S/C22H28N2O4S/c1-16-14-24(15-17(2)28-16)29(26,27)21-12-8-11-20(13-21)22(25)23(4)18(3)19-9-6-5-7-10-19/h5-13,16-18H,14-15H2,1-4H3. The smallest absolute Gasteiger partial charge is 0.254 e. The van der Waals surface area contributed by atoms with Crippen molar-refractivity contribution in [3.8, 4) is 0 Å². The summed E-state index contributed by atoms with van der Waals surface area (Å²) in [5, 5.41) is 0. The maximum atomic E-state index is 13.1. The molecule has 2 aromatic carbocycles. The molecule has 0 bridgehead atoms. The van der Waals surface area contributed by atoms with E-state index in [2.05, 4.69) is 0 Å². The maximum Gasteiger partial charge on any atom is 0.254 e. The second kappa shape index (κ2) is 8.65. The molecule has 1 saturated heterocycles. The van der Waals surface area contributed by atoms with Crippen LogP contribution in [0, 0.1) is 0 Å². The Bertz CT molecular complexity index is 952. The average Bonchev–Trinajstić information content (AvgIpc) is 2.72. The highest BCUT2D eigenvalue weighted by atomic mass is 32.2. The molecule has 6 nitrogen and oxygen atoms in total. The summed E-state index contributed by atoms with van der Waals surface area (Å²) in [5.41, 5.74) is 1.37. The first-order chi connectivity index (χ1) is 13.7. The van der Waals surface area contributed by atoms with Crippen molar-refractivity contribution in [2.24, 2.45) is 0 Å². The zero-order valence-corrected chi connectivity index (χ0v) is 18.1. The fourth-order valence-corrected chi connectivity index (χ4v) is 5.24. The number of hydrogen-bond donors (Lipinski definition) is 0. The van der Waals surface area contributed by atoms with Crippen LogP contribution in [0.4, 0.5) is 0 Å². The summed E-state index contributed by atoms with van der Waals surface area (Å²) >= 11 is 0. The zero-order valence-electron chi connectivity index (χ0n) is 17.3. The normalized spacial score (nSPS) is 21.5. The van der Waals surface area contributed by atoms with Gasteiger partial charge in [-0.1, -0.05) is 36.4 Å². The fraction of sp³-hybridized carbons (Fsp3) is 0.409. The fourth-order valence-electron chi connectivity index (χ4n) is 3.60. The van der Waals surface area contributed by atoms with Gasteiger partial charge in [0.2, 0.25) is 10.0 Å². The number of amides is 1. The van der Waals surface area contributed by atoms with Gasteiger partial charge in [-0.25, -0.2) is 8.42 Å². The molecule has 0 N–H and O–H groups in total. The van der Waals surface area contributed by atoms with Crippen molar-refractivity contribution < 1.29 is 17.9 Å². The third-order valence-corrected chi connectivity index (χ3v) is 7.12. The molecule has 3 atom stereocenters. The minimum atomic E-state index is -3.70. The van der Waals surface area contributed by atoms with Gasteiger partial charge in [0, 0.05) is 25.7 Å². The number of ether oxygens (including phenoxy) is 1. The van der Waals surface area contributed by atoms with E-state index in [9.17, 15) is 13.2 Å². The number of rotatable bonds is 5. The molecule has 0 radical (unpaired) electrons. The van der Waals surface area contributed by atoms with Crippen LogP contribution in [0.1, 0.15) is 42.7 Å². The van der Waals surface area contributed by atoms with Gasteiger partial charge in [-0.15, -0.1) is 0 Å². The molecule has 1 amide bonds. The maximum absolute atomic E-state index is 13.1. The first-order valence-electron chi connectivity index (χ1n) is 9.78. The van der Waals surface area contributed by atoms with Crippen LogP contribution in [0.25, 0.3) is 0 Å². The first kappa shape index (κ1) is 21.5. The summed E-state index contributed by atoms with van der Waals surface area (Å²) in [6, 6.07) is 15.9. The molecule has 1 heterocycles. The monoisotopic (exact) mass is 416 g/mol. The molecule has 0 aromatic heterocycles. The second-order valence-corrected chi connectivity index (χ2v) is 9.55. The Kier molecular flexibility index (Phi) is 6.41. The lowest BCUT2D eigenvalue weighted by Gasteiger charge is -2.34. The van der Waals surface area contributed by atoms with E-state index >= 15 is 0 Å². The molecule has 0 saturated carbocycles. The minimum Gasteiger partial charge on any atom is -0.373 e. The van der Waals surface area contributed by atoms with Crippen molar-refractivity contribution >= 4 is 15.9 Å². The average molecular weight is 417 g/mol. The molecule has 0 aliphatic carbocycles. The number of carbonyl (C=O) groups excluding carboxylic acids is 1. The summed E-state index contributed by atoms with van der Waals surface area (Å²) in [7, 11) is -1.97. The summed E-state index contributed by atoms with van der Waals surface area (Å²) < 4.78 is 33.3. The third kappa shape index (κ3) is 4.69.